The van der Waals surface area contributed by atoms with Gasteiger partial charge in [0.1, 0.15) is 5.82 Å². The molecule has 1 heterocycles. The molecule has 94 valence electrons. The molecule has 0 saturated carbocycles. The van der Waals surface area contributed by atoms with E-state index in [1.54, 1.807) is 12.1 Å². The summed E-state index contributed by atoms with van der Waals surface area (Å²) in [4.78, 5) is 11.6. The Bertz CT molecular complexity index is 549. The molecule has 18 heavy (non-hydrogen) atoms. The molecule has 0 spiro atoms. The van der Waals surface area contributed by atoms with Gasteiger partial charge in [0.25, 0.3) is 0 Å². The van der Waals surface area contributed by atoms with Crippen LogP contribution in [0.1, 0.15) is 5.56 Å². The van der Waals surface area contributed by atoms with Crippen LogP contribution >= 0.6 is 0 Å². The van der Waals surface area contributed by atoms with Crippen molar-refractivity contribution in [3.05, 3.63) is 35.6 Å². The second kappa shape index (κ2) is 5.26. The first-order chi connectivity index (χ1) is 8.67. The van der Waals surface area contributed by atoms with E-state index in [4.69, 9.17) is 10.5 Å². The average molecular weight is 249 g/mol. The lowest BCUT2D eigenvalue weighted by molar-refractivity contribution is 0.379. The fourth-order valence-electron chi connectivity index (χ4n) is 1.37. The molecule has 2 rings (SSSR count). The van der Waals surface area contributed by atoms with Gasteiger partial charge in [0, 0.05) is 6.54 Å². The van der Waals surface area contributed by atoms with Crippen molar-refractivity contribution < 1.29 is 9.13 Å². The highest BCUT2D eigenvalue weighted by Gasteiger charge is 2.04. The molecule has 1 aromatic heterocycles. The van der Waals surface area contributed by atoms with Crippen LogP contribution in [0, 0.1) is 5.82 Å². The van der Waals surface area contributed by atoms with Gasteiger partial charge in [-0.15, -0.1) is 0 Å². The summed E-state index contributed by atoms with van der Waals surface area (Å²) >= 11 is 0. The Morgan fingerprint density at radius 2 is 2.17 bits per heavy atom. The van der Waals surface area contributed by atoms with Crippen molar-refractivity contribution in [1.29, 1.82) is 0 Å². The summed E-state index contributed by atoms with van der Waals surface area (Å²) in [6.45, 7) is 0.379. The summed E-state index contributed by atoms with van der Waals surface area (Å²) in [7, 11) is 1.44. The summed E-state index contributed by atoms with van der Waals surface area (Å²) in [5.74, 6) is 0.0502. The van der Waals surface area contributed by atoms with E-state index in [0.29, 0.717) is 6.54 Å². The monoisotopic (exact) mass is 249 g/mol. The summed E-state index contributed by atoms with van der Waals surface area (Å²) < 4.78 is 17.8. The van der Waals surface area contributed by atoms with Crippen molar-refractivity contribution >= 4 is 11.9 Å². The minimum Gasteiger partial charge on any atom is -0.467 e. The maximum atomic E-state index is 13.0. The number of nitrogens with zero attached hydrogens (tertiary/aromatic N) is 3. The minimum absolute atomic E-state index is 0.0589. The average Bonchev–Trinajstić information content (AvgIpc) is 2.36. The van der Waals surface area contributed by atoms with E-state index in [1.807, 2.05) is 0 Å². The van der Waals surface area contributed by atoms with Gasteiger partial charge in [-0.1, -0.05) is 12.1 Å². The lowest BCUT2D eigenvalue weighted by Crippen LogP contribution is -2.08. The maximum Gasteiger partial charge on any atom is 0.322 e. The number of rotatable bonds is 4. The molecule has 0 unspecified atom stereocenters. The van der Waals surface area contributed by atoms with E-state index in [9.17, 15) is 4.39 Å². The second-order valence-corrected chi connectivity index (χ2v) is 3.49. The molecule has 0 bridgehead atoms. The number of hydrogen-bond acceptors (Lipinski definition) is 6. The number of hydrogen-bond donors (Lipinski definition) is 2. The molecule has 0 aliphatic carbocycles. The van der Waals surface area contributed by atoms with Gasteiger partial charge in [-0.2, -0.15) is 15.0 Å². The van der Waals surface area contributed by atoms with Gasteiger partial charge < -0.3 is 15.8 Å². The highest BCUT2D eigenvalue weighted by molar-refractivity contribution is 5.33. The number of anilines is 2. The van der Waals surface area contributed by atoms with E-state index in [1.165, 1.54) is 19.2 Å². The smallest absolute Gasteiger partial charge is 0.322 e. The van der Waals surface area contributed by atoms with Gasteiger partial charge in [-0.05, 0) is 17.7 Å². The van der Waals surface area contributed by atoms with E-state index in [-0.39, 0.29) is 23.7 Å². The van der Waals surface area contributed by atoms with Crippen molar-refractivity contribution in [3.8, 4) is 6.01 Å². The van der Waals surface area contributed by atoms with Crippen LogP contribution in [0.3, 0.4) is 0 Å². The number of nitrogens with two attached hydrogens (primary N) is 1. The van der Waals surface area contributed by atoms with Crippen molar-refractivity contribution in [3.63, 3.8) is 0 Å². The lowest BCUT2D eigenvalue weighted by Gasteiger charge is -2.06. The van der Waals surface area contributed by atoms with Crippen molar-refractivity contribution in [2.75, 3.05) is 18.2 Å². The number of nitrogen functional groups attached to an aromatic ring is 1. The third kappa shape index (κ3) is 3.03. The number of methoxy groups -OCH3 is 1. The predicted molar refractivity (Wildman–Crippen MR) is 64.5 cm³/mol. The quantitative estimate of drug-likeness (QED) is 0.847. The Morgan fingerprint density at radius 1 is 1.33 bits per heavy atom. The highest BCUT2D eigenvalue weighted by atomic mass is 19.1. The van der Waals surface area contributed by atoms with E-state index in [2.05, 4.69) is 20.3 Å². The molecule has 0 atom stereocenters. The lowest BCUT2D eigenvalue weighted by atomic mass is 10.2. The van der Waals surface area contributed by atoms with Crippen molar-refractivity contribution in [1.82, 2.24) is 15.0 Å². The Labute approximate surface area is 103 Å². The van der Waals surface area contributed by atoms with Crippen LogP contribution < -0.4 is 15.8 Å². The van der Waals surface area contributed by atoms with Gasteiger partial charge >= 0.3 is 6.01 Å². The van der Waals surface area contributed by atoms with Gasteiger partial charge in [-0.25, -0.2) is 4.39 Å². The normalized spacial score (nSPS) is 10.1. The Morgan fingerprint density at radius 3 is 2.89 bits per heavy atom. The molecule has 2 aromatic rings. The number of halogens is 1. The van der Waals surface area contributed by atoms with E-state index in [0.717, 1.165) is 5.56 Å². The first kappa shape index (κ1) is 12.0. The summed E-state index contributed by atoms with van der Waals surface area (Å²) in [5.41, 5.74) is 6.26. The van der Waals surface area contributed by atoms with Crippen LogP contribution in [-0.2, 0) is 6.54 Å². The van der Waals surface area contributed by atoms with E-state index >= 15 is 0 Å². The number of benzene rings is 1. The van der Waals surface area contributed by atoms with Crippen LogP contribution in [0.4, 0.5) is 16.3 Å². The molecule has 0 fully saturated rings. The molecular weight excluding hydrogens is 237 g/mol. The molecule has 0 amide bonds. The van der Waals surface area contributed by atoms with Gasteiger partial charge in [0.15, 0.2) is 0 Å². The first-order valence-corrected chi connectivity index (χ1v) is 5.21. The van der Waals surface area contributed by atoms with Crippen LogP contribution in [0.2, 0.25) is 0 Å². The van der Waals surface area contributed by atoms with Crippen LogP contribution in [-0.4, -0.2) is 22.1 Å². The predicted octanol–water partition coefficient (Wildman–Crippen LogP) is 1.21. The fraction of sp³-hybridized carbons (Fsp3) is 0.182. The minimum atomic E-state index is -0.290. The molecule has 0 saturated heterocycles. The number of ether oxygens (including phenoxy) is 1. The zero-order valence-corrected chi connectivity index (χ0v) is 9.72. The topological polar surface area (TPSA) is 86.0 Å². The summed E-state index contributed by atoms with van der Waals surface area (Å²) in [6, 6.07) is 6.36. The molecule has 7 heteroatoms. The van der Waals surface area contributed by atoms with Crippen molar-refractivity contribution in [2.24, 2.45) is 0 Å². The Kier molecular flexibility index (Phi) is 3.52. The fourth-order valence-corrected chi connectivity index (χ4v) is 1.37. The van der Waals surface area contributed by atoms with Crippen LogP contribution in [0.25, 0.3) is 0 Å². The highest BCUT2D eigenvalue weighted by Crippen LogP contribution is 2.10. The number of nitrogens with one attached hydrogen (secondary N) is 1. The molecule has 0 aliphatic heterocycles. The van der Waals surface area contributed by atoms with Gasteiger partial charge in [0.2, 0.25) is 11.9 Å². The molecule has 0 aliphatic rings. The summed E-state index contributed by atoms with van der Waals surface area (Å²) in [6.07, 6.45) is 0. The van der Waals surface area contributed by atoms with Crippen LogP contribution in [0.15, 0.2) is 24.3 Å². The Hall–Kier alpha value is -2.44. The van der Waals surface area contributed by atoms with Crippen LogP contribution in [0.5, 0.6) is 6.01 Å². The summed E-state index contributed by atoms with van der Waals surface area (Å²) in [5, 5.41) is 2.91. The number of aromatic nitrogens is 3. The van der Waals surface area contributed by atoms with Gasteiger partial charge in [-0.3, -0.25) is 0 Å². The zero-order chi connectivity index (χ0) is 13.0. The van der Waals surface area contributed by atoms with Crippen molar-refractivity contribution in [2.45, 2.75) is 6.54 Å². The standard InChI is InChI=1S/C11H12FN5O/c1-18-11-16-9(13)15-10(17-11)14-6-7-3-2-4-8(12)5-7/h2-5H,6H2,1H3,(H3,13,14,15,16,17). The maximum absolute atomic E-state index is 13.0. The molecule has 3 N–H and O–H groups in total. The van der Waals surface area contributed by atoms with Gasteiger partial charge in [0.05, 0.1) is 7.11 Å². The largest absolute Gasteiger partial charge is 0.467 e. The molecular formula is C11H12FN5O. The Balaban J connectivity index is 2.08. The van der Waals surface area contributed by atoms with E-state index < -0.39 is 0 Å². The SMILES string of the molecule is COc1nc(N)nc(NCc2cccc(F)c2)n1. The second-order valence-electron chi connectivity index (χ2n) is 3.49. The zero-order valence-electron chi connectivity index (χ0n) is 9.72. The molecule has 0 radical (unpaired) electrons. The molecule has 1 aromatic carbocycles. The molecule has 6 nitrogen and oxygen atoms in total. The third-order valence-corrected chi connectivity index (χ3v) is 2.15. The first-order valence-electron chi connectivity index (χ1n) is 5.21. The third-order valence-electron chi connectivity index (χ3n) is 2.15.